The maximum Gasteiger partial charge on any atom is 0.190 e. The number of nitrogens with one attached hydrogen (secondary N) is 2. The molecule has 0 radical (unpaired) electrons. The van der Waals surface area contributed by atoms with Crippen molar-refractivity contribution in [3.63, 3.8) is 0 Å². The van der Waals surface area contributed by atoms with Crippen molar-refractivity contribution >= 4 is 29.9 Å². The summed E-state index contributed by atoms with van der Waals surface area (Å²) in [6.07, 6.45) is 1.20. The van der Waals surface area contributed by atoms with Crippen molar-refractivity contribution in [2.24, 2.45) is 10.9 Å². The molecule has 0 aliphatic heterocycles. The topological polar surface area (TPSA) is 39.7 Å². The molecule has 16 heavy (non-hydrogen) atoms. The van der Waals surface area contributed by atoms with Gasteiger partial charge in [0, 0.05) is 26.7 Å². The summed E-state index contributed by atoms with van der Waals surface area (Å²) in [4.78, 5) is 6.35. The summed E-state index contributed by atoms with van der Waals surface area (Å²) in [5.41, 5.74) is 0. The molecule has 0 bridgehead atoms. The van der Waals surface area contributed by atoms with Gasteiger partial charge in [0.25, 0.3) is 0 Å². The predicted molar refractivity (Wildman–Crippen MR) is 82.8 cm³/mol. The van der Waals surface area contributed by atoms with Crippen LogP contribution in [-0.2, 0) is 0 Å². The second kappa shape index (κ2) is 10.1. The molecule has 1 atom stereocenters. The van der Waals surface area contributed by atoms with Gasteiger partial charge in [0.15, 0.2) is 5.96 Å². The van der Waals surface area contributed by atoms with Crippen molar-refractivity contribution in [3.8, 4) is 0 Å². The molecule has 0 spiro atoms. The third-order valence-electron chi connectivity index (χ3n) is 2.44. The molecular weight excluding hydrogens is 315 g/mol. The third-order valence-corrected chi connectivity index (χ3v) is 2.44. The zero-order valence-electron chi connectivity index (χ0n) is 11.4. The molecule has 0 amide bonds. The number of rotatable bonds is 5. The molecule has 0 aliphatic rings. The Labute approximate surface area is 117 Å². The highest BCUT2D eigenvalue weighted by Crippen LogP contribution is 2.07. The number of hydrogen-bond donors (Lipinski definition) is 2. The van der Waals surface area contributed by atoms with Gasteiger partial charge in [-0.1, -0.05) is 13.8 Å². The zero-order valence-corrected chi connectivity index (χ0v) is 13.7. The van der Waals surface area contributed by atoms with Crippen LogP contribution in [0.2, 0.25) is 0 Å². The van der Waals surface area contributed by atoms with E-state index in [9.17, 15) is 0 Å². The third kappa shape index (κ3) is 8.15. The minimum Gasteiger partial charge on any atom is -0.359 e. The van der Waals surface area contributed by atoms with Gasteiger partial charge >= 0.3 is 0 Å². The molecule has 98 valence electrons. The van der Waals surface area contributed by atoms with Crippen LogP contribution in [0.5, 0.6) is 0 Å². The Balaban J connectivity index is 0. The Morgan fingerprint density at radius 3 is 2.19 bits per heavy atom. The van der Waals surface area contributed by atoms with Crippen LogP contribution in [-0.4, -0.2) is 51.6 Å². The Morgan fingerprint density at radius 2 is 1.88 bits per heavy atom. The van der Waals surface area contributed by atoms with E-state index in [-0.39, 0.29) is 24.0 Å². The van der Waals surface area contributed by atoms with Crippen LogP contribution in [0.3, 0.4) is 0 Å². The van der Waals surface area contributed by atoms with Gasteiger partial charge in [0.1, 0.15) is 0 Å². The van der Waals surface area contributed by atoms with Crippen LogP contribution in [0.25, 0.3) is 0 Å². The highest BCUT2D eigenvalue weighted by atomic mass is 127. The van der Waals surface area contributed by atoms with E-state index < -0.39 is 0 Å². The summed E-state index contributed by atoms with van der Waals surface area (Å²) in [5.74, 6) is 1.57. The van der Waals surface area contributed by atoms with Crippen LogP contribution in [0, 0.1) is 5.92 Å². The van der Waals surface area contributed by atoms with Crippen molar-refractivity contribution in [2.75, 3.05) is 34.7 Å². The molecular formula is C11H27IN4. The molecule has 0 fully saturated rings. The van der Waals surface area contributed by atoms with Crippen molar-refractivity contribution in [1.82, 2.24) is 15.5 Å². The number of nitrogens with zero attached hydrogens (tertiary/aromatic N) is 2. The van der Waals surface area contributed by atoms with Crippen molar-refractivity contribution in [3.05, 3.63) is 0 Å². The molecule has 0 aromatic carbocycles. The van der Waals surface area contributed by atoms with Gasteiger partial charge in [-0.15, -0.1) is 24.0 Å². The molecule has 1 unspecified atom stereocenters. The van der Waals surface area contributed by atoms with E-state index in [0.29, 0.717) is 6.04 Å². The van der Waals surface area contributed by atoms with Crippen LogP contribution < -0.4 is 10.6 Å². The smallest absolute Gasteiger partial charge is 0.190 e. The molecule has 0 heterocycles. The quantitative estimate of drug-likeness (QED) is 0.451. The first-order chi connectivity index (χ1) is 7.01. The maximum atomic E-state index is 4.09. The van der Waals surface area contributed by atoms with Gasteiger partial charge in [-0.3, -0.25) is 4.99 Å². The first-order valence-corrected chi connectivity index (χ1v) is 5.56. The summed E-state index contributed by atoms with van der Waals surface area (Å²) in [6.45, 7) is 5.44. The summed E-state index contributed by atoms with van der Waals surface area (Å²) in [6, 6.07) is 0.551. The normalized spacial score (nSPS) is 13.6. The molecule has 0 saturated carbocycles. The van der Waals surface area contributed by atoms with Gasteiger partial charge in [-0.25, -0.2) is 0 Å². The van der Waals surface area contributed by atoms with Crippen molar-refractivity contribution in [1.29, 1.82) is 0 Å². The molecule has 5 heteroatoms. The average Bonchev–Trinajstić information content (AvgIpc) is 2.16. The van der Waals surface area contributed by atoms with E-state index in [4.69, 9.17) is 0 Å². The summed E-state index contributed by atoms with van der Waals surface area (Å²) >= 11 is 0. The molecule has 0 rings (SSSR count). The lowest BCUT2D eigenvalue weighted by Crippen LogP contribution is -2.44. The van der Waals surface area contributed by atoms with Crippen LogP contribution >= 0.6 is 24.0 Å². The van der Waals surface area contributed by atoms with Crippen LogP contribution in [0.1, 0.15) is 20.3 Å². The minimum atomic E-state index is 0. The molecule has 0 aliphatic carbocycles. The second-order valence-corrected chi connectivity index (χ2v) is 4.45. The van der Waals surface area contributed by atoms with Gasteiger partial charge in [-0.2, -0.15) is 0 Å². The van der Waals surface area contributed by atoms with Crippen LogP contribution in [0.4, 0.5) is 0 Å². The number of guanidine groups is 1. The monoisotopic (exact) mass is 342 g/mol. The number of halogens is 1. The molecule has 0 aromatic heterocycles. The van der Waals surface area contributed by atoms with Gasteiger partial charge in [0.2, 0.25) is 0 Å². The summed E-state index contributed by atoms with van der Waals surface area (Å²) < 4.78 is 0. The average molecular weight is 342 g/mol. The van der Waals surface area contributed by atoms with E-state index in [1.165, 1.54) is 6.42 Å². The van der Waals surface area contributed by atoms with Crippen LogP contribution in [0.15, 0.2) is 4.99 Å². The van der Waals surface area contributed by atoms with E-state index >= 15 is 0 Å². The predicted octanol–water partition coefficient (Wildman–Crippen LogP) is 1.38. The maximum absolute atomic E-state index is 4.09. The summed E-state index contributed by atoms with van der Waals surface area (Å²) in [5, 5.41) is 6.32. The second-order valence-electron chi connectivity index (χ2n) is 4.45. The van der Waals surface area contributed by atoms with E-state index in [0.717, 1.165) is 18.4 Å². The minimum absolute atomic E-state index is 0. The fraction of sp³-hybridized carbons (Fsp3) is 0.909. The fourth-order valence-electron chi connectivity index (χ4n) is 1.51. The Morgan fingerprint density at radius 1 is 1.31 bits per heavy atom. The first-order valence-electron chi connectivity index (χ1n) is 5.56. The lowest BCUT2D eigenvalue weighted by molar-refractivity contribution is 0.254. The number of likely N-dealkylation sites (N-methyl/N-ethyl adjacent to an activating group) is 1. The lowest BCUT2D eigenvalue weighted by atomic mass is 10.0. The SMILES string of the molecule is CN=C(NC)NCC(CC(C)C)N(C)C.I. The van der Waals surface area contributed by atoms with E-state index in [1.54, 1.807) is 7.05 Å². The van der Waals surface area contributed by atoms with Crippen molar-refractivity contribution in [2.45, 2.75) is 26.3 Å². The number of hydrogen-bond acceptors (Lipinski definition) is 2. The molecule has 0 saturated heterocycles. The molecule has 4 nitrogen and oxygen atoms in total. The lowest BCUT2D eigenvalue weighted by Gasteiger charge is -2.26. The Hall–Kier alpha value is -0.0400. The highest BCUT2D eigenvalue weighted by Gasteiger charge is 2.13. The largest absolute Gasteiger partial charge is 0.359 e. The van der Waals surface area contributed by atoms with Gasteiger partial charge in [0.05, 0.1) is 0 Å². The van der Waals surface area contributed by atoms with Crippen molar-refractivity contribution < 1.29 is 0 Å². The molecule has 2 N–H and O–H groups in total. The summed E-state index contributed by atoms with van der Waals surface area (Å²) in [7, 11) is 7.90. The Kier molecular flexibility index (Phi) is 11.6. The first kappa shape index (κ1) is 18.3. The van der Waals surface area contributed by atoms with Gasteiger partial charge in [-0.05, 0) is 26.4 Å². The van der Waals surface area contributed by atoms with E-state index in [1.807, 2.05) is 7.05 Å². The Bertz CT molecular complexity index is 192. The standard InChI is InChI=1S/C11H26N4.HI/c1-9(2)7-10(15(5)6)8-14-11(12-3)13-4;/h9-10H,7-8H2,1-6H3,(H2,12,13,14);1H. The highest BCUT2D eigenvalue weighted by molar-refractivity contribution is 14.0. The zero-order chi connectivity index (χ0) is 11.8. The van der Waals surface area contributed by atoms with E-state index in [2.05, 4.69) is 48.5 Å². The number of aliphatic imine (C=N–C) groups is 1. The fourth-order valence-corrected chi connectivity index (χ4v) is 1.51. The van der Waals surface area contributed by atoms with Gasteiger partial charge < -0.3 is 15.5 Å². The molecule has 0 aromatic rings.